The fourth-order valence-electron chi connectivity index (χ4n) is 1.84. The van der Waals surface area contributed by atoms with E-state index in [1.54, 1.807) is 32.5 Å². The number of methoxy groups -OCH3 is 2. The Morgan fingerprint density at radius 1 is 1.05 bits per heavy atom. The summed E-state index contributed by atoms with van der Waals surface area (Å²) in [7, 11) is 3.12. The molecule has 0 saturated carbocycles. The van der Waals surface area contributed by atoms with Crippen molar-refractivity contribution in [1.82, 2.24) is 4.98 Å². The van der Waals surface area contributed by atoms with Gasteiger partial charge in [0.05, 0.1) is 26.5 Å². The van der Waals surface area contributed by atoms with Crippen LogP contribution < -0.4 is 15.2 Å². The summed E-state index contributed by atoms with van der Waals surface area (Å²) in [5, 5.41) is 0. The molecular weight excluding hydrogens is 247 g/mol. The van der Waals surface area contributed by atoms with Crippen LogP contribution in [0.4, 0.5) is 4.39 Å². The highest BCUT2D eigenvalue weighted by atomic mass is 19.1. The number of ether oxygens (including phenoxy) is 2. The maximum atomic E-state index is 13.1. The Balaban J connectivity index is 2.36. The first-order chi connectivity index (χ1) is 9.15. The molecule has 0 radical (unpaired) electrons. The summed E-state index contributed by atoms with van der Waals surface area (Å²) in [6.45, 7) is 0. The zero-order valence-corrected chi connectivity index (χ0v) is 10.8. The lowest BCUT2D eigenvalue weighted by atomic mass is 10.0. The number of nitrogens with zero attached hydrogens (tertiary/aromatic N) is 1. The van der Waals surface area contributed by atoms with Crippen LogP contribution in [0.5, 0.6) is 11.5 Å². The average Bonchev–Trinajstić information content (AvgIpc) is 2.45. The van der Waals surface area contributed by atoms with Crippen molar-refractivity contribution in [2.24, 2.45) is 5.73 Å². The molecule has 0 spiro atoms. The Morgan fingerprint density at radius 3 is 2.42 bits per heavy atom. The number of rotatable bonds is 4. The topological polar surface area (TPSA) is 57.4 Å². The van der Waals surface area contributed by atoms with Gasteiger partial charge in [0.15, 0.2) is 11.5 Å². The molecule has 0 aliphatic heterocycles. The lowest BCUT2D eigenvalue weighted by Crippen LogP contribution is -2.12. The largest absolute Gasteiger partial charge is 0.493 e. The third-order valence-corrected chi connectivity index (χ3v) is 2.85. The van der Waals surface area contributed by atoms with E-state index in [4.69, 9.17) is 15.2 Å². The van der Waals surface area contributed by atoms with Gasteiger partial charge in [-0.2, -0.15) is 0 Å². The minimum absolute atomic E-state index is 0.409. The molecule has 0 aliphatic rings. The van der Waals surface area contributed by atoms with Crippen LogP contribution in [-0.4, -0.2) is 19.2 Å². The summed E-state index contributed by atoms with van der Waals surface area (Å²) in [6.07, 6.45) is 2.69. The number of hydrogen-bond acceptors (Lipinski definition) is 4. The second kappa shape index (κ2) is 5.67. The Morgan fingerprint density at radius 2 is 1.79 bits per heavy atom. The smallest absolute Gasteiger partial charge is 0.161 e. The molecule has 2 N–H and O–H groups in total. The summed E-state index contributed by atoms with van der Waals surface area (Å²) in [4.78, 5) is 3.80. The maximum absolute atomic E-state index is 13.1. The van der Waals surface area contributed by atoms with E-state index in [-0.39, 0.29) is 0 Å². The Labute approximate surface area is 111 Å². The third-order valence-electron chi connectivity index (χ3n) is 2.85. The van der Waals surface area contributed by atoms with Gasteiger partial charge in [0.2, 0.25) is 0 Å². The molecule has 19 heavy (non-hydrogen) atoms. The molecule has 1 heterocycles. The highest BCUT2D eigenvalue weighted by Gasteiger charge is 2.13. The van der Waals surface area contributed by atoms with E-state index in [9.17, 15) is 4.39 Å². The lowest BCUT2D eigenvalue weighted by molar-refractivity contribution is 0.354. The van der Waals surface area contributed by atoms with Gasteiger partial charge in [-0.1, -0.05) is 6.07 Å². The fraction of sp³-hybridized carbons (Fsp3) is 0.214. The Bertz CT molecular complexity index is 575. The molecule has 0 aliphatic carbocycles. The van der Waals surface area contributed by atoms with Crippen molar-refractivity contribution in [2.45, 2.75) is 6.04 Å². The molecule has 2 rings (SSSR count). The van der Waals surface area contributed by atoms with Gasteiger partial charge in [-0.15, -0.1) is 0 Å². The van der Waals surface area contributed by atoms with Crippen LogP contribution in [0.15, 0.2) is 36.7 Å². The number of halogens is 1. The van der Waals surface area contributed by atoms with Crippen LogP contribution in [0.2, 0.25) is 0 Å². The van der Waals surface area contributed by atoms with E-state index in [1.807, 2.05) is 6.07 Å². The fourth-order valence-corrected chi connectivity index (χ4v) is 1.84. The first-order valence-electron chi connectivity index (χ1n) is 5.73. The maximum Gasteiger partial charge on any atom is 0.161 e. The third kappa shape index (κ3) is 2.82. The van der Waals surface area contributed by atoms with Crippen LogP contribution in [0.3, 0.4) is 0 Å². The van der Waals surface area contributed by atoms with Gasteiger partial charge >= 0.3 is 0 Å². The van der Waals surface area contributed by atoms with Crippen molar-refractivity contribution < 1.29 is 13.9 Å². The molecule has 0 saturated heterocycles. The van der Waals surface area contributed by atoms with E-state index < -0.39 is 11.9 Å². The molecule has 0 fully saturated rings. The van der Waals surface area contributed by atoms with E-state index in [1.165, 1.54) is 6.07 Å². The van der Waals surface area contributed by atoms with Crippen LogP contribution in [0, 0.1) is 5.82 Å². The first kappa shape index (κ1) is 13.3. The minimum Gasteiger partial charge on any atom is -0.493 e. The molecule has 1 unspecified atom stereocenters. The lowest BCUT2D eigenvalue weighted by Gasteiger charge is -2.15. The molecule has 1 aromatic carbocycles. The van der Waals surface area contributed by atoms with E-state index in [0.717, 1.165) is 11.8 Å². The summed E-state index contributed by atoms with van der Waals surface area (Å²) in [5.41, 5.74) is 7.50. The highest BCUT2D eigenvalue weighted by Crippen LogP contribution is 2.31. The minimum atomic E-state index is -0.469. The summed E-state index contributed by atoms with van der Waals surface area (Å²) >= 11 is 0. The second-order valence-electron chi connectivity index (χ2n) is 4.03. The molecule has 5 heteroatoms. The Hall–Kier alpha value is -2.14. The zero-order valence-electron chi connectivity index (χ0n) is 10.8. The van der Waals surface area contributed by atoms with Gasteiger partial charge < -0.3 is 15.2 Å². The van der Waals surface area contributed by atoms with Crippen molar-refractivity contribution in [3.05, 3.63) is 53.6 Å². The van der Waals surface area contributed by atoms with Crippen LogP contribution in [-0.2, 0) is 0 Å². The summed E-state index contributed by atoms with van der Waals surface area (Å²) in [5.74, 6) is 0.795. The highest BCUT2D eigenvalue weighted by molar-refractivity contribution is 5.45. The van der Waals surface area contributed by atoms with E-state index in [0.29, 0.717) is 17.1 Å². The summed E-state index contributed by atoms with van der Waals surface area (Å²) < 4.78 is 23.5. The van der Waals surface area contributed by atoms with Gasteiger partial charge in [0.25, 0.3) is 0 Å². The molecular formula is C14H15FN2O2. The number of pyridine rings is 1. The van der Waals surface area contributed by atoms with Crippen molar-refractivity contribution >= 4 is 0 Å². The quantitative estimate of drug-likeness (QED) is 0.918. The van der Waals surface area contributed by atoms with Gasteiger partial charge in [0, 0.05) is 6.20 Å². The molecule has 0 bridgehead atoms. The zero-order chi connectivity index (χ0) is 13.8. The average molecular weight is 262 g/mol. The predicted octanol–water partition coefficient (Wildman–Crippen LogP) is 2.29. The van der Waals surface area contributed by atoms with E-state index >= 15 is 0 Å². The van der Waals surface area contributed by atoms with Crippen molar-refractivity contribution in [3.8, 4) is 11.5 Å². The van der Waals surface area contributed by atoms with Crippen molar-refractivity contribution in [1.29, 1.82) is 0 Å². The number of hydrogen-bond donors (Lipinski definition) is 1. The molecule has 0 amide bonds. The second-order valence-corrected chi connectivity index (χ2v) is 4.03. The van der Waals surface area contributed by atoms with Gasteiger partial charge in [-0.25, -0.2) is 4.39 Å². The Kier molecular flexibility index (Phi) is 3.97. The first-order valence-corrected chi connectivity index (χ1v) is 5.73. The van der Waals surface area contributed by atoms with Gasteiger partial charge in [-0.3, -0.25) is 4.98 Å². The molecule has 1 aromatic heterocycles. The van der Waals surface area contributed by atoms with Gasteiger partial charge in [-0.05, 0) is 29.3 Å². The van der Waals surface area contributed by atoms with Gasteiger partial charge in [0.1, 0.15) is 5.82 Å². The van der Waals surface area contributed by atoms with Crippen molar-refractivity contribution in [3.63, 3.8) is 0 Å². The molecule has 1 atom stereocenters. The standard InChI is InChI=1S/C14H15FN2O2/c1-18-12-4-3-9(6-13(12)19-2)14(16)10-5-11(15)8-17-7-10/h3-8,14H,16H2,1-2H3. The van der Waals surface area contributed by atoms with Crippen LogP contribution in [0.1, 0.15) is 17.2 Å². The SMILES string of the molecule is COc1ccc(C(N)c2cncc(F)c2)cc1OC. The van der Waals surface area contributed by atoms with Crippen LogP contribution >= 0.6 is 0 Å². The number of benzene rings is 1. The van der Waals surface area contributed by atoms with Crippen LogP contribution in [0.25, 0.3) is 0 Å². The number of nitrogens with two attached hydrogens (primary N) is 1. The molecule has 4 nitrogen and oxygen atoms in total. The molecule has 100 valence electrons. The number of aromatic nitrogens is 1. The van der Waals surface area contributed by atoms with E-state index in [2.05, 4.69) is 4.98 Å². The predicted molar refractivity (Wildman–Crippen MR) is 69.8 cm³/mol. The summed E-state index contributed by atoms with van der Waals surface area (Å²) in [6, 6.07) is 6.25. The van der Waals surface area contributed by atoms with Crippen molar-refractivity contribution in [2.75, 3.05) is 14.2 Å². The normalized spacial score (nSPS) is 12.0. The molecule has 2 aromatic rings. The monoisotopic (exact) mass is 262 g/mol.